The average molecular weight is 231 g/mol. The van der Waals surface area contributed by atoms with Crippen molar-refractivity contribution >= 4 is 5.71 Å². The molecule has 0 radical (unpaired) electrons. The highest BCUT2D eigenvalue weighted by Gasteiger charge is 2.36. The van der Waals surface area contributed by atoms with Crippen LogP contribution in [0.15, 0.2) is 29.4 Å². The first kappa shape index (κ1) is 10.6. The van der Waals surface area contributed by atoms with E-state index in [-0.39, 0.29) is 0 Å². The van der Waals surface area contributed by atoms with Gasteiger partial charge in [-0.05, 0) is 49.1 Å². The SMILES string of the molecule is COc1ccc(C2=NO[C@@H]3CCCC[C@H]23)cc1. The van der Waals surface area contributed by atoms with Crippen LogP contribution in [-0.4, -0.2) is 18.9 Å². The van der Waals surface area contributed by atoms with Gasteiger partial charge in [0.25, 0.3) is 0 Å². The molecule has 1 fully saturated rings. The highest BCUT2D eigenvalue weighted by atomic mass is 16.6. The highest BCUT2D eigenvalue weighted by Crippen LogP contribution is 2.34. The quantitative estimate of drug-likeness (QED) is 0.783. The molecule has 0 amide bonds. The van der Waals surface area contributed by atoms with E-state index in [4.69, 9.17) is 9.57 Å². The van der Waals surface area contributed by atoms with E-state index in [0.717, 1.165) is 17.9 Å². The molecule has 2 aliphatic rings. The molecule has 0 saturated heterocycles. The Bertz CT molecular complexity index is 424. The summed E-state index contributed by atoms with van der Waals surface area (Å²) >= 11 is 0. The van der Waals surface area contributed by atoms with Gasteiger partial charge in [-0.3, -0.25) is 0 Å². The molecule has 1 saturated carbocycles. The molecule has 0 aromatic heterocycles. The van der Waals surface area contributed by atoms with Gasteiger partial charge in [0.15, 0.2) is 0 Å². The summed E-state index contributed by atoms with van der Waals surface area (Å²) in [6, 6.07) is 8.10. The van der Waals surface area contributed by atoms with Gasteiger partial charge in [0.05, 0.1) is 12.8 Å². The number of benzene rings is 1. The summed E-state index contributed by atoms with van der Waals surface area (Å²) in [4.78, 5) is 5.54. The molecule has 3 nitrogen and oxygen atoms in total. The molecule has 1 aromatic carbocycles. The molecule has 1 aliphatic carbocycles. The molecule has 3 heteroatoms. The molecule has 1 heterocycles. The minimum Gasteiger partial charge on any atom is -0.497 e. The Kier molecular flexibility index (Phi) is 2.75. The number of hydrogen-bond donors (Lipinski definition) is 0. The third-order valence-corrected chi connectivity index (χ3v) is 3.73. The smallest absolute Gasteiger partial charge is 0.136 e. The topological polar surface area (TPSA) is 30.8 Å². The van der Waals surface area contributed by atoms with Crippen molar-refractivity contribution in [2.45, 2.75) is 31.8 Å². The average Bonchev–Trinajstić information content (AvgIpc) is 2.83. The van der Waals surface area contributed by atoms with Crippen molar-refractivity contribution in [1.82, 2.24) is 0 Å². The molecule has 1 aliphatic heterocycles. The number of oxime groups is 1. The lowest BCUT2D eigenvalue weighted by atomic mass is 9.82. The summed E-state index contributed by atoms with van der Waals surface area (Å²) in [5.41, 5.74) is 2.29. The maximum Gasteiger partial charge on any atom is 0.136 e. The van der Waals surface area contributed by atoms with E-state index in [1.807, 2.05) is 12.1 Å². The fourth-order valence-corrected chi connectivity index (χ4v) is 2.76. The van der Waals surface area contributed by atoms with Gasteiger partial charge in [0, 0.05) is 5.92 Å². The zero-order valence-corrected chi connectivity index (χ0v) is 10.1. The Morgan fingerprint density at radius 3 is 2.71 bits per heavy atom. The van der Waals surface area contributed by atoms with Crippen molar-refractivity contribution in [2.24, 2.45) is 11.1 Å². The second-order valence-corrected chi connectivity index (χ2v) is 4.74. The van der Waals surface area contributed by atoms with Gasteiger partial charge >= 0.3 is 0 Å². The monoisotopic (exact) mass is 231 g/mol. The van der Waals surface area contributed by atoms with E-state index in [1.165, 1.54) is 24.8 Å². The van der Waals surface area contributed by atoms with Crippen LogP contribution in [0, 0.1) is 5.92 Å². The minimum atomic E-state index is 0.320. The van der Waals surface area contributed by atoms with Crippen molar-refractivity contribution in [3.63, 3.8) is 0 Å². The first-order valence-electron chi connectivity index (χ1n) is 6.26. The van der Waals surface area contributed by atoms with E-state index in [2.05, 4.69) is 17.3 Å². The maximum atomic E-state index is 5.54. The Morgan fingerprint density at radius 1 is 1.18 bits per heavy atom. The second-order valence-electron chi connectivity index (χ2n) is 4.74. The number of hydrogen-bond acceptors (Lipinski definition) is 3. The number of nitrogens with zero attached hydrogens (tertiary/aromatic N) is 1. The van der Waals surface area contributed by atoms with Crippen LogP contribution in [0.25, 0.3) is 0 Å². The predicted molar refractivity (Wildman–Crippen MR) is 66.4 cm³/mol. The molecule has 0 N–H and O–H groups in total. The van der Waals surface area contributed by atoms with Crippen molar-refractivity contribution in [3.8, 4) is 5.75 Å². The van der Waals surface area contributed by atoms with Crippen molar-refractivity contribution in [1.29, 1.82) is 0 Å². The van der Waals surface area contributed by atoms with Gasteiger partial charge in [-0.25, -0.2) is 0 Å². The molecule has 1 aromatic rings. The van der Waals surface area contributed by atoms with Crippen molar-refractivity contribution in [3.05, 3.63) is 29.8 Å². The van der Waals surface area contributed by atoms with Gasteiger partial charge in [-0.2, -0.15) is 0 Å². The Hall–Kier alpha value is -1.51. The molecule has 0 spiro atoms. The van der Waals surface area contributed by atoms with E-state index in [0.29, 0.717) is 12.0 Å². The largest absolute Gasteiger partial charge is 0.497 e. The molecule has 0 unspecified atom stereocenters. The zero-order valence-electron chi connectivity index (χ0n) is 10.1. The molecule has 17 heavy (non-hydrogen) atoms. The third kappa shape index (κ3) is 1.90. The molecular formula is C14H17NO2. The first-order chi connectivity index (χ1) is 8.38. The van der Waals surface area contributed by atoms with Crippen molar-refractivity contribution < 1.29 is 9.57 Å². The summed E-state index contributed by atoms with van der Waals surface area (Å²) in [6.07, 6.45) is 5.23. The number of ether oxygens (including phenoxy) is 1. The first-order valence-corrected chi connectivity index (χ1v) is 6.26. The molecule has 2 atom stereocenters. The van der Waals surface area contributed by atoms with Crippen LogP contribution < -0.4 is 4.74 Å². The fourth-order valence-electron chi connectivity index (χ4n) is 2.76. The fraction of sp³-hybridized carbons (Fsp3) is 0.500. The van der Waals surface area contributed by atoms with Crippen LogP contribution in [0.3, 0.4) is 0 Å². The maximum absolute atomic E-state index is 5.54. The number of fused-ring (bicyclic) bond motifs is 1. The summed E-state index contributed by atoms with van der Waals surface area (Å²) in [5, 5.41) is 4.28. The van der Waals surface area contributed by atoms with Gasteiger partial charge in [0.2, 0.25) is 0 Å². The minimum absolute atomic E-state index is 0.320. The summed E-state index contributed by atoms with van der Waals surface area (Å²) in [7, 11) is 1.68. The van der Waals surface area contributed by atoms with E-state index in [1.54, 1.807) is 7.11 Å². The molecule has 0 bridgehead atoms. The van der Waals surface area contributed by atoms with Gasteiger partial charge in [0.1, 0.15) is 11.9 Å². The third-order valence-electron chi connectivity index (χ3n) is 3.73. The van der Waals surface area contributed by atoms with Crippen LogP contribution in [0.4, 0.5) is 0 Å². The number of rotatable bonds is 2. The number of methoxy groups -OCH3 is 1. The highest BCUT2D eigenvalue weighted by molar-refractivity contribution is 6.03. The summed E-state index contributed by atoms with van der Waals surface area (Å²) in [5.74, 6) is 1.38. The Morgan fingerprint density at radius 2 is 1.94 bits per heavy atom. The van der Waals surface area contributed by atoms with Crippen LogP contribution in [-0.2, 0) is 4.84 Å². The van der Waals surface area contributed by atoms with Crippen LogP contribution in [0.2, 0.25) is 0 Å². The Balaban J connectivity index is 1.83. The van der Waals surface area contributed by atoms with E-state index in [9.17, 15) is 0 Å². The zero-order chi connectivity index (χ0) is 11.7. The van der Waals surface area contributed by atoms with Gasteiger partial charge in [-0.1, -0.05) is 11.6 Å². The molecular weight excluding hydrogens is 214 g/mol. The normalized spacial score (nSPS) is 27.0. The van der Waals surface area contributed by atoms with Crippen LogP contribution in [0.1, 0.15) is 31.2 Å². The predicted octanol–water partition coefficient (Wildman–Crippen LogP) is 2.99. The van der Waals surface area contributed by atoms with Crippen LogP contribution in [0.5, 0.6) is 5.75 Å². The van der Waals surface area contributed by atoms with E-state index >= 15 is 0 Å². The van der Waals surface area contributed by atoms with Crippen LogP contribution >= 0.6 is 0 Å². The second kappa shape index (κ2) is 4.40. The molecule has 3 rings (SSSR count). The lowest BCUT2D eigenvalue weighted by molar-refractivity contribution is 0.0397. The lowest BCUT2D eigenvalue weighted by Gasteiger charge is -2.23. The lowest BCUT2D eigenvalue weighted by Crippen LogP contribution is -2.27. The standard InChI is InChI=1S/C14H17NO2/c1-16-11-8-6-10(7-9-11)14-12-4-2-3-5-13(12)17-15-14/h6-9,12-13H,2-5H2,1H3/t12-,13+/m0/s1. The van der Waals surface area contributed by atoms with Crippen molar-refractivity contribution in [2.75, 3.05) is 7.11 Å². The summed E-state index contributed by atoms with van der Waals surface area (Å²) < 4.78 is 5.17. The van der Waals surface area contributed by atoms with Gasteiger partial charge < -0.3 is 9.57 Å². The summed E-state index contributed by atoms with van der Waals surface area (Å²) in [6.45, 7) is 0. The molecule has 90 valence electrons. The van der Waals surface area contributed by atoms with E-state index < -0.39 is 0 Å². The Labute approximate surface area is 101 Å². The van der Waals surface area contributed by atoms with Gasteiger partial charge in [-0.15, -0.1) is 0 Å².